The van der Waals surface area contributed by atoms with Crippen LogP contribution in [0, 0.1) is 0 Å². The first-order valence-corrected chi connectivity index (χ1v) is 13.0. The molecule has 0 fully saturated rings. The van der Waals surface area contributed by atoms with Crippen LogP contribution in [0.3, 0.4) is 0 Å². The highest BCUT2D eigenvalue weighted by molar-refractivity contribution is 5.89. The summed E-state index contributed by atoms with van der Waals surface area (Å²) in [5.74, 6) is 0.927. The Morgan fingerprint density at radius 3 is 2.21 bits per heavy atom. The quantitative estimate of drug-likeness (QED) is 0.239. The van der Waals surface area contributed by atoms with E-state index >= 15 is 0 Å². The van der Waals surface area contributed by atoms with Crippen LogP contribution in [-0.2, 0) is 22.6 Å². The minimum absolute atomic E-state index is 0.360. The molecule has 6 heteroatoms. The first-order chi connectivity index (χ1) is 18.9. The number of carbonyl (C=O) groups excluding carboxylic acids is 1. The predicted molar refractivity (Wildman–Crippen MR) is 151 cm³/mol. The minimum atomic E-state index is -0.838. The Labute approximate surface area is 229 Å². The zero-order chi connectivity index (χ0) is 27.2. The van der Waals surface area contributed by atoms with Gasteiger partial charge < -0.3 is 24.3 Å². The number of fused-ring (bicyclic) bond motifs is 1. The van der Waals surface area contributed by atoms with Crippen LogP contribution in [0.25, 0.3) is 0 Å². The summed E-state index contributed by atoms with van der Waals surface area (Å²) in [7, 11) is 1.59. The van der Waals surface area contributed by atoms with Crippen molar-refractivity contribution in [2.24, 2.45) is 0 Å². The van der Waals surface area contributed by atoms with Crippen molar-refractivity contribution < 1.29 is 23.7 Å². The Balaban J connectivity index is 1.44. The van der Waals surface area contributed by atoms with Gasteiger partial charge in [0.05, 0.1) is 19.3 Å². The summed E-state index contributed by atoms with van der Waals surface area (Å²) in [5.41, 5.74) is 3.55. The maximum atomic E-state index is 13.3. The topological polar surface area (TPSA) is 66.0 Å². The van der Waals surface area contributed by atoms with E-state index in [0.29, 0.717) is 30.2 Å². The summed E-state index contributed by atoms with van der Waals surface area (Å²) >= 11 is 0. The van der Waals surface area contributed by atoms with E-state index in [1.165, 1.54) is 5.56 Å². The molecule has 6 nitrogen and oxygen atoms in total. The van der Waals surface area contributed by atoms with Gasteiger partial charge in [-0.05, 0) is 67.4 Å². The first kappa shape index (κ1) is 26.3. The van der Waals surface area contributed by atoms with Crippen molar-refractivity contribution in [3.63, 3.8) is 0 Å². The molecule has 4 aromatic rings. The molecule has 0 saturated heterocycles. The molecule has 5 rings (SSSR count). The van der Waals surface area contributed by atoms with Gasteiger partial charge in [0.25, 0.3) is 0 Å². The number of rotatable bonds is 9. The second kappa shape index (κ2) is 11.6. The fourth-order valence-corrected chi connectivity index (χ4v) is 4.69. The molecule has 1 N–H and O–H groups in total. The van der Waals surface area contributed by atoms with E-state index in [9.17, 15) is 4.79 Å². The number of benzene rings is 4. The molecule has 0 bridgehead atoms. The first-order valence-electron chi connectivity index (χ1n) is 13.0. The van der Waals surface area contributed by atoms with Crippen LogP contribution in [0.2, 0.25) is 0 Å². The van der Waals surface area contributed by atoms with Gasteiger partial charge in [-0.2, -0.15) is 0 Å². The summed E-state index contributed by atoms with van der Waals surface area (Å²) in [4.78, 5) is 13.3. The van der Waals surface area contributed by atoms with Gasteiger partial charge in [0.15, 0.2) is 6.10 Å². The highest BCUT2D eigenvalue weighted by atomic mass is 16.6. The van der Waals surface area contributed by atoms with Crippen molar-refractivity contribution in [3.05, 3.63) is 125 Å². The average Bonchev–Trinajstić information content (AvgIpc) is 2.97. The van der Waals surface area contributed by atoms with Crippen LogP contribution in [0.15, 0.2) is 103 Å². The third-order valence-electron chi connectivity index (χ3n) is 6.82. The molecule has 1 aliphatic rings. The number of carbonyl (C=O) groups is 1. The summed E-state index contributed by atoms with van der Waals surface area (Å²) in [6, 6.07) is 33.0. The molecule has 0 aromatic heterocycles. The van der Waals surface area contributed by atoms with Crippen LogP contribution in [0.4, 0.5) is 5.69 Å². The number of anilines is 1. The standard InChI is InChI=1S/C33H33NO5/c1-33(2)31(38-32(35)25-14-17-27(36-3)18-15-25)30(37-22-24-12-8-5-9-13-24)28-20-26(16-19-29(28)39-33)34-21-23-10-6-4-7-11-23/h4-20,30-31,34H,21-22H2,1-3H3. The van der Waals surface area contributed by atoms with Crippen molar-refractivity contribution in [2.45, 2.75) is 44.8 Å². The monoisotopic (exact) mass is 523 g/mol. The predicted octanol–water partition coefficient (Wildman–Crippen LogP) is 6.96. The van der Waals surface area contributed by atoms with Crippen LogP contribution >= 0.6 is 0 Å². The van der Waals surface area contributed by atoms with Crippen molar-refractivity contribution in [3.8, 4) is 11.5 Å². The van der Waals surface area contributed by atoms with Crippen LogP contribution in [0.1, 0.15) is 47.0 Å². The Kier molecular flexibility index (Phi) is 7.84. The smallest absolute Gasteiger partial charge is 0.338 e. The van der Waals surface area contributed by atoms with Crippen molar-refractivity contribution >= 4 is 11.7 Å². The molecule has 2 atom stereocenters. The zero-order valence-electron chi connectivity index (χ0n) is 22.4. The maximum Gasteiger partial charge on any atom is 0.338 e. The van der Waals surface area contributed by atoms with Crippen LogP contribution in [-0.4, -0.2) is 24.8 Å². The molecule has 39 heavy (non-hydrogen) atoms. The third kappa shape index (κ3) is 6.24. The third-order valence-corrected chi connectivity index (χ3v) is 6.82. The van der Waals surface area contributed by atoms with Gasteiger partial charge in [-0.25, -0.2) is 4.79 Å². The van der Waals surface area contributed by atoms with E-state index in [1.807, 2.05) is 80.6 Å². The van der Waals surface area contributed by atoms with Crippen molar-refractivity contribution in [1.82, 2.24) is 0 Å². The molecule has 0 radical (unpaired) electrons. The van der Waals surface area contributed by atoms with E-state index in [-0.39, 0.29) is 0 Å². The van der Waals surface area contributed by atoms with Crippen LogP contribution in [0.5, 0.6) is 11.5 Å². The second-order valence-corrected chi connectivity index (χ2v) is 10.1. The molecule has 0 spiro atoms. The van der Waals surface area contributed by atoms with Gasteiger partial charge in [-0.15, -0.1) is 0 Å². The largest absolute Gasteiger partial charge is 0.497 e. The fourth-order valence-electron chi connectivity index (χ4n) is 4.69. The van der Waals surface area contributed by atoms with E-state index in [4.69, 9.17) is 18.9 Å². The normalized spacial score (nSPS) is 17.4. The Morgan fingerprint density at radius 2 is 1.54 bits per heavy atom. The van der Waals surface area contributed by atoms with E-state index < -0.39 is 23.8 Å². The van der Waals surface area contributed by atoms with Crippen molar-refractivity contribution in [1.29, 1.82) is 0 Å². The number of hydrogen-bond acceptors (Lipinski definition) is 6. The van der Waals surface area contributed by atoms with Gasteiger partial charge in [-0.1, -0.05) is 60.7 Å². The fraction of sp³-hybridized carbons (Fsp3) is 0.242. The SMILES string of the molecule is COc1ccc(C(=O)OC2C(OCc3ccccc3)c3cc(NCc4ccccc4)ccc3OC2(C)C)cc1. The molecule has 1 aliphatic heterocycles. The Bertz CT molecular complexity index is 1390. The summed E-state index contributed by atoms with van der Waals surface area (Å²) in [5, 5.41) is 3.49. The molecule has 4 aromatic carbocycles. The highest BCUT2D eigenvalue weighted by Crippen LogP contribution is 2.45. The molecule has 0 amide bonds. The number of methoxy groups -OCH3 is 1. The molecular weight excluding hydrogens is 490 g/mol. The van der Waals surface area contributed by atoms with E-state index in [1.54, 1.807) is 31.4 Å². The van der Waals surface area contributed by atoms with Crippen molar-refractivity contribution in [2.75, 3.05) is 12.4 Å². The van der Waals surface area contributed by atoms with Crippen LogP contribution < -0.4 is 14.8 Å². The van der Waals surface area contributed by atoms with Gasteiger partial charge in [0, 0.05) is 17.8 Å². The maximum absolute atomic E-state index is 13.3. The average molecular weight is 524 g/mol. The van der Waals surface area contributed by atoms with Gasteiger partial charge in [0.1, 0.15) is 23.2 Å². The van der Waals surface area contributed by atoms with E-state index in [0.717, 1.165) is 16.8 Å². The number of nitrogens with one attached hydrogen (secondary N) is 1. The number of hydrogen-bond donors (Lipinski definition) is 1. The zero-order valence-corrected chi connectivity index (χ0v) is 22.4. The Morgan fingerprint density at radius 1 is 0.872 bits per heavy atom. The molecule has 0 aliphatic carbocycles. The summed E-state index contributed by atoms with van der Waals surface area (Å²) < 4.78 is 24.3. The molecule has 200 valence electrons. The van der Waals surface area contributed by atoms with Gasteiger partial charge >= 0.3 is 5.97 Å². The Hall–Kier alpha value is -4.29. The number of esters is 1. The lowest BCUT2D eigenvalue weighted by molar-refractivity contribution is -0.143. The highest BCUT2D eigenvalue weighted by Gasteiger charge is 2.47. The lowest BCUT2D eigenvalue weighted by Gasteiger charge is -2.43. The number of ether oxygens (including phenoxy) is 4. The summed E-state index contributed by atoms with van der Waals surface area (Å²) in [6.07, 6.45) is -1.25. The summed E-state index contributed by atoms with van der Waals surface area (Å²) in [6.45, 7) is 4.88. The van der Waals surface area contributed by atoms with Gasteiger partial charge in [-0.3, -0.25) is 0 Å². The lowest BCUT2D eigenvalue weighted by Crippen LogP contribution is -2.51. The van der Waals surface area contributed by atoms with E-state index in [2.05, 4.69) is 17.4 Å². The molecule has 0 saturated carbocycles. The minimum Gasteiger partial charge on any atom is -0.497 e. The van der Waals surface area contributed by atoms with Gasteiger partial charge in [0.2, 0.25) is 0 Å². The molecular formula is C33H33NO5. The molecule has 2 unspecified atom stereocenters. The second-order valence-electron chi connectivity index (χ2n) is 10.1. The molecule has 1 heterocycles. The lowest BCUT2D eigenvalue weighted by atomic mass is 9.87.